The highest BCUT2D eigenvalue weighted by molar-refractivity contribution is 7.18. The van der Waals surface area contributed by atoms with Crippen LogP contribution >= 0.6 is 11.3 Å². The zero-order valence-corrected chi connectivity index (χ0v) is 19.5. The van der Waals surface area contributed by atoms with Crippen molar-refractivity contribution in [1.82, 2.24) is 25.0 Å². The Balaban J connectivity index is 1.25. The lowest BCUT2D eigenvalue weighted by molar-refractivity contribution is 0.0921. The van der Waals surface area contributed by atoms with Gasteiger partial charge in [0.25, 0.3) is 5.91 Å². The van der Waals surface area contributed by atoms with E-state index in [9.17, 15) is 9.59 Å². The summed E-state index contributed by atoms with van der Waals surface area (Å²) in [5.74, 6) is 0.164. The zero-order valence-electron chi connectivity index (χ0n) is 18.7. The average molecular weight is 476 g/mol. The molecule has 1 fully saturated rings. The summed E-state index contributed by atoms with van der Waals surface area (Å²) in [6, 6.07) is 9.25. The van der Waals surface area contributed by atoms with Gasteiger partial charge in [0.05, 0.1) is 11.8 Å². The largest absolute Gasteiger partial charge is 0.383 e. The molecule has 4 N–H and O–H groups in total. The van der Waals surface area contributed by atoms with Gasteiger partial charge < -0.3 is 21.3 Å². The number of nitrogens with one attached hydrogen (secondary N) is 2. The van der Waals surface area contributed by atoms with Crippen molar-refractivity contribution in [2.24, 2.45) is 7.05 Å². The maximum Gasteiger partial charge on any atom is 0.321 e. The Labute approximate surface area is 200 Å². The van der Waals surface area contributed by atoms with Crippen LogP contribution in [-0.4, -0.2) is 50.7 Å². The van der Waals surface area contributed by atoms with Crippen LogP contribution in [0.25, 0.3) is 21.2 Å². The number of carbonyl (C=O) groups excluding carboxylic acids is 2. The maximum absolute atomic E-state index is 13.2. The van der Waals surface area contributed by atoms with Crippen molar-refractivity contribution >= 4 is 44.9 Å². The van der Waals surface area contributed by atoms with Crippen molar-refractivity contribution < 1.29 is 9.59 Å². The van der Waals surface area contributed by atoms with Crippen LogP contribution in [0.1, 0.15) is 23.2 Å². The summed E-state index contributed by atoms with van der Waals surface area (Å²) < 4.78 is 2.64. The number of rotatable bonds is 4. The molecule has 3 aromatic heterocycles. The maximum atomic E-state index is 13.2. The van der Waals surface area contributed by atoms with Gasteiger partial charge in [0, 0.05) is 70.9 Å². The number of fused-ring (bicyclic) bond motifs is 1. The highest BCUT2D eigenvalue weighted by atomic mass is 32.1. The van der Waals surface area contributed by atoms with Crippen molar-refractivity contribution in [1.29, 1.82) is 0 Å². The van der Waals surface area contributed by atoms with Gasteiger partial charge in [0.2, 0.25) is 0 Å². The van der Waals surface area contributed by atoms with Gasteiger partial charge in [-0.2, -0.15) is 5.10 Å². The molecule has 174 valence electrons. The first kappa shape index (κ1) is 21.9. The van der Waals surface area contributed by atoms with Crippen molar-refractivity contribution in [3.8, 4) is 11.1 Å². The molecule has 9 nitrogen and oxygen atoms in total. The number of benzene rings is 1. The van der Waals surface area contributed by atoms with Gasteiger partial charge in [0.1, 0.15) is 5.82 Å². The molecule has 0 saturated carbocycles. The highest BCUT2D eigenvalue weighted by Crippen LogP contribution is 2.37. The number of para-hydroxylation sites is 1. The van der Waals surface area contributed by atoms with E-state index in [4.69, 9.17) is 5.73 Å². The lowest BCUT2D eigenvalue weighted by atomic mass is 10.0. The molecule has 1 aromatic carbocycles. The molecule has 0 bridgehead atoms. The third-order valence-electron chi connectivity index (χ3n) is 6.03. The number of carbonyl (C=O) groups is 2. The Bertz CT molecular complexity index is 1340. The summed E-state index contributed by atoms with van der Waals surface area (Å²) >= 11 is 1.48. The minimum atomic E-state index is -0.171. The molecule has 34 heavy (non-hydrogen) atoms. The number of hydrogen-bond acceptors (Lipinski definition) is 6. The number of pyridine rings is 1. The normalized spacial score (nSPS) is 14.3. The molecule has 1 aliphatic rings. The van der Waals surface area contributed by atoms with E-state index < -0.39 is 0 Å². The molecule has 1 aliphatic heterocycles. The lowest BCUT2D eigenvalue weighted by Gasteiger charge is -2.32. The van der Waals surface area contributed by atoms with Crippen molar-refractivity contribution in [2.45, 2.75) is 18.9 Å². The Morgan fingerprint density at radius 1 is 1.15 bits per heavy atom. The van der Waals surface area contributed by atoms with Crippen LogP contribution in [0.3, 0.4) is 0 Å². The van der Waals surface area contributed by atoms with E-state index in [1.54, 1.807) is 22.0 Å². The fourth-order valence-corrected chi connectivity index (χ4v) is 5.31. The Morgan fingerprint density at radius 2 is 1.91 bits per heavy atom. The molecule has 0 aliphatic carbocycles. The third kappa shape index (κ3) is 4.32. The van der Waals surface area contributed by atoms with Crippen LogP contribution in [0.15, 0.2) is 54.3 Å². The number of amides is 3. The van der Waals surface area contributed by atoms with E-state index in [1.807, 2.05) is 49.0 Å². The summed E-state index contributed by atoms with van der Waals surface area (Å²) in [6.45, 7) is 1.14. The first-order valence-electron chi connectivity index (χ1n) is 11.1. The van der Waals surface area contributed by atoms with Gasteiger partial charge in [-0.3, -0.25) is 9.48 Å². The third-order valence-corrected chi connectivity index (χ3v) is 7.04. The predicted molar refractivity (Wildman–Crippen MR) is 134 cm³/mol. The lowest BCUT2D eigenvalue weighted by Crippen LogP contribution is -2.47. The Hall–Kier alpha value is -3.92. The number of likely N-dealkylation sites (tertiary alicyclic amines) is 1. The molecule has 5 rings (SSSR count). The Morgan fingerprint density at radius 3 is 2.62 bits per heavy atom. The van der Waals surface area contributed by atoms with Crippen LogP contribution in [-0.2, 0) is 7.05 Å². The van der Waals surface area contributed by atoms with Crippen LogP contribution in [0, 0.1) is 0 Å². The van der Waals surface area contributed by atoms with Gasteiger partial charge >= 0.3 is 6.03 Å². The molecule has 4 heterocycles. The summed E-state index contributed by atoms with van der Waals surface area (Å²) in [4.78, 5) is 31.8. The van der Waals surface area contributed by atoms with E-state index >= 15 is 0 Å². The van der Waals surface area contributed by atoms with E-state index in [0.29, 0.717) is 42.7 Å². The smallest absolute Gasteiger partial charge is 0.321 e. The van der Waals surface area contributed by atoms with Gasteiger partial charge in [0.15, 0.2) is 0 Å². The topological polar surface area (TPSA) is 118 Å². The number of nitrogens with zero attached hydrogens (tertiary/aromatic N) is 4. The first-order chi connectivity index (χ1) is 16.5. The summed E-state index contributed by atoms with van der Waals surface area (Å²) in [7, 11) is 1.86. The molecule has 0 radical (unpaired) electrons. The number of aromatic nitrogens is 3. The quantitative estimate of drug-likeness (QED) is 0.416. The number of hydrogen-bond donors (Lipinski definition) is 3. The van der Waals surface area contributed by atoms with Crippen molar-refractivity contribution in [2.75, 3.05) is 24.1 Å². The van der Waals surface area contributed by atoms with E-state index in [-0.39, 0.29) is 18.0 Å². The second kappa shape index (κ2) is 9.14. The molecular weight excluding hydrogens is 450 g/mol. The molecule has 0 spiro atoms. The van der Waals surface area contributed by atoms with Gasteiger partial charge in [-0.05, 0) is 25.0 Å². The predicted octanol–water partition coefficient (Wildman–Crippen LogP) is 3.71. The summed E-state index contributed by atoms with van der Waals surface area (Å²) in [6.07, 6.45) is 6.78. The van der Waals surface area contributed by atoms with E-state index in [2.05, 4.69) is 20.7 Å². The van der Waals surface area contributed by atoms with Crippen LogP contribution in [0.2, 0.25) is 0 Å². The average Bonchev–Trinajstić information content (AvgIpc) is 3.48. The minimum absolute atomic E-state index is 0.0149. The van der Waals surface area contributed by atoms with Gasteiger partial charge in [-0.25, -0.2) is 9.78 Å². The fourth-order valence-electron chi connectivity index (χ4n) is 4.21. The molecule has 4 aromatic rings. The van der Waals surface area contributed by atoms with Crippen LogP contribution in [0.4, 0.5) is 16.3 Å². The molecule has 0 atom stereocenters. The summed E-state index contributed by atoms with van der Waals surface area (Å²) in [5.41, 5.74) is 9.31. The second-order valence-electron chi connectivity index (χ2n) is 8.34. The van der Waals surface area contributed by atoms with Gasteiger partial charge in [-0.1, -0.05) is 18.2 Å². The van der Waals surface area contributed by atoms with Crippen molar-refractivity contribution in [3.05, 3.63) is 59.9 Å². The first-order valence-corrected chi connectivity index (χ1v) is 11.9. The summed E-state index contributed by atoms with van der Waals surface area (Å²) in [5, 5.41) is 12.8. The number of piperidine rings is 1. The molecule has 10 heteroatoms. The Kier molecular flexibility index (Phi) is 5.89. The standard InChI is InChI=1S/C24H25N7O2S/c1-30-13-15(11-27-30)18-12-26-22(25)20-19(14-34-21(18)20)23(32)28-17-7-9-31(10-8-17)24(33)29-16-5-3-2-4-6-16/h2-6,11-14,17H,7-10H2,1H3,(H2,25,26)(H,28,32)(H,29,33). The fraction of sp³-hybridized carbons (Fsp3) is 0.250. The zero-order chi connectivity index (χ0) is 23.7. The number of aryl methyl sites for hydroxylation is 1. The highest BCUT2D eigenvalue weighted by Gasteiger charge is 2.26. The number of nitrogens with two attached hydrogens (primary N) is 1. The SMILES string of the molecule is Cn1cc(-c2cnc(N)c3c(C(=O)NC4CCN(C(=O)Nc5ccccc5)CC4)csc23)cn1. The second-order valence-corrected chi connectivity index (χ2v) is 9.22. The monoisotopic (exact) mass is 475 g/mol. The molecule has 3 amide bonds. The molecular formula is C24H25N7O2S. The molecule has 1 saturated heterocycles. The molecule has 0 unspecified atom stereocenters. The number of nitrogen functional groups attached to an aromatic ring is 1. The number of urea groups is 1. The minimum Gasteiger partial charge on any atom is -0.383 e. The number of thiophene rings is 1. The van der Waals surface area contributed by atoms with Crippen LogP contribution in [0.5, 0.6) is 0 Å². The van der Waals surface area contributed by atoms with Crippen LogP contribution < -0.4 is 16.4 Å². The van der Waals surface area contributed by atoms with Gasteiger partial charge in [-0.15, -0.1) is 11.3 Å². The van der Waals surface area contributed by atoms with E-state index in [0.717, 1.165) is 21.5 Å². The van der Waals surface area contributed by atoms with Crippen molar-refractivity contribution in [3.63, 3.8) is 0 Å². The number of anilines is 2. The van der Waals surface area contributed by atoms with E-state index in [1.165, 1.54) is 11.3 Å².